The highest BCUT2D eigenvalue weighted by Crippen LogP contribution is 2.22. The fourth-order valence-corrected chi connectivity index (χ4v) is 3.15. The lowest BCUT2D eigenvalue weighted by atomic mass is 9.89. The first-order valence-corrected chi connectivity index (χ1v) is 8.13. The summed E-state index contributed by atoms with van der Waals surface area (Å²) in [6, 6.07) is 9.16. The van der Waals surface area contributed by atoms with Crippen LogP contribution in [0, 0.1) is 23.7 Å². The Bertz CT molecular complexity index is 551. The van der Waals surface area contributed by atoms with E-state index >= 15 is 0 Å². The molecule has 1 rings (SSSR count). The van der Waals surface area contributed by atoms with Crippen molar-refractivity contribution in [3.63, 3.8) is 0 Å². The molecule has 3 nitrogen and oxygen atoms in total. The Hall–Kier alpha value is -1.34. The SMILES string of the molecule is Cc1ccc(S(=O)(=O)CCCCC(C)(C)C#N)cc1. The molecule has 1 aromatic carbocycles. The average Bonchev–Trinajstić information content (AvgIpc) is 2.35. The van der Waals surface area contributed by atoms with Crippen LogP contribution in [0.3, 0.4) is 0 Å². The van der Waals surface area contributed by atoms with Crippen LogP contribution in [-0.2, 0) is 9.84 Å². The molecule has 0 fully saturated rings. The van der Waals surface area contributed by atoms with E-state index in [4.69, 9.17) is 5.26 Å². The van der Waals surface area contributed by atoms with Crippen LogP contribution in [0.5, 0.6) is 0 Å². The third kappa shape index (κ3) is 5.04. The molecule has 4 heteroatoms. The molecule has 0 spiro atoms. The molecular weight excluding hydrogens is 258 g/mol. The zero-order chi connectivity index (χ0) is 14.5. The number of nitriles is 1. The van der Waals surface area contributed by atoms with Gasteiger partial charge < -0.3 is 0 Å². The van der Waals surface area contributed by atoms with Crippen molar-refractivity contribution in [2.24, 2.45) is 5.41 Å². The number of unbranched alkanes of at least 4 members (excludes halogenated alkanes) is 1. The van der Waals surface area contributed by atoms with Crippen molar-refractivity contribution >= 4 is 9.84 Å². The lowest BCUT2D eigenvalue weighted by Gasteiger charge is -2.14. The number of hydrogen-bond donors (Lipinski definition) is 0. The van der Waals surface area contributed by atoms with Gasteiger partial charge in [-0.25, -0.2) is 8.42 Å². The van der Waals surface area contributed by atoms with Crippen molar-refractivity contribution in [3.8, 4) is 6.07 Å². The summed E-state index contributed by atoms with van der Waals surface area (Å²) in [6.45, 7) is 5.68. The van der Waals surface area contributed by atoms with Crippen molar-refractivity contribution in [1.82, 2.24) is 0 Å². The van der Waals surface area contributed by atoms with Crippen LogP contribution in [0.15, 0.2) is 29.2 Å². The molecule has 0 atom stereocenters. The molecule has 0 aliphatic carbocycles. The van der Waals surface area contributed by atoms with Crippen LogP contribution in [0.2, 0.25) is 0 Å². The Labute approximate surface area is 116 Å². The van der Waals surface area contributed by atoms with Crippen LogP contribution in [0.25, 0.3) is 0 Å². The smallest absolute Gasteiger partial charge is 0.178 e. The van der Waals surface area contributed by atoms with Crippen LogP contribution in [0.4, 0.5) is 0 Å². The number of sulfone groups is 1. The normalized spacial score (nSPS) is 12.1. The van der Waals surface area contributed by atoms with Gasteiger partial charge in [-0.2, -0.15) is 5.26 Å². The van der Waals surface area contributed by atoms with Gasteiger partial charge >= 0.3 is 0 Å². The van der Waals surface area contributed by atoms with E-state index in [1.54, 1.807) is 12.1 Å². The highest BCUT2D eigenvalue weighted by molar-refractivity contribution is 7.91. The van der Waals surface area contributed by atoms with Gasteiger partial charge in [-0.05, 0) is 45.7 Å². The third-order valence-electron chi connectivity index (χ3n) is 3.15. The molecule has 0 amide bonds. The molecule has 0 aliphatic heterocycles. The van der Waals surface area contributed by atoms with Crippen LogP contribution in [-0.4, -0.2) is 14.2 Å². The summed E-state index contributed by atoms with van der Waals surface area (Å²) >= 11 is 0. The van der Waals surface area contributed by atoms with Crippen molar-refractivity contribution < 1.29 is 8.42 Å². The Balaban J connectivity index is 2.53. The van der Waals surface area contributed by atoms with Crippen molar-refractivity contribution in [2.45, 2.75) is 44.9 Å². The summed E-state index contributed by atoms with van der Waals surface area (Å²) in [5.41, 5.74) is 0.683. The van der Waals surface area contributed by atoms with E-state index in [2.05, 4.69) is 6.07 Å². The number of nitrogens with zero attached hydrogens (tertiary/aromatic N) is 1. The van der Waals surface area contributed by atoms with Gasteiger partial charge in [0.05, 0.1) is 22.1 Å². The maximum absolute atomic E-state index is 12.1. The first-order chi connectivity index (χ1) is 8.77. The van der Waals surface area contributed by atoms with Crippen molar-refractivity contribution in [2.75, 3.05) is 5.75 Å². The highest BCUT2D eigenvalue weighted by atomic mass is 32.2. The molecule has 0 bridgehead atoms. The minimum atomic E-state index is -3.18. The molecule has 0 aromatic heterocycles. The fraction of sp³-hybridized carbons (Fsp3) is 0.533. The molecule has 0 heterocycles. The summed E-state index contributed by atoms with van der Waals surface area (Å²) in [5, 5.41) is 8.89. The maximum Gasteiger partial charge on any atom is 0.178 e. The first kappa shape index (κ1) is 15.7. The predicted molar refractivity (Wildman–Crippen MR) is 76.5 cm³/mol. The van der Waals surface area contributed by atoms with Gasteiger partial charge in [0, 0.05) is 0 Å². The van der Waals surface area contributed by atoms with Gasteiger partial charge in [-0.1, -0.05) is 24.1 Å². The van der Waals surface area contributed by atoms with E-state index < -0.39 is 9.84 Å². The monoisotopic (exact) mass is 279 g/mol. The highest BCUT2D eigenvalue weighted by Gasteiger charge is 2.18. The summed E-state index contributed by atoms with van der Waals surface area (Å²) < 4.78 is 24.1. The minimum Gasteiger partial charge on any atom is -0.224 e. The summed E-state index contributed by atoms with van der Waals surface area (Å²) in [5.74, 6) is 0.150. The second-order valence-electron chi connectivity index (χ2n) is 5.58. The standard InChI is InChI=1S/C15H21NO2S/c1-13-6-8-14(9-7-13)19(17,18)11-5-4-10-15(2,3)12-16/h6-9H,4-5,10-11H2,1-3H3. The van der Waals surface area contributed by atoms with Gasteiger partial charge in [-0.15, -0.1) is 0 Å². The number of aryl methyl sites for hydroxylation is 1. The first-order valence-electron chi connectivity index (χ1n) is 6.47. The largest absolute Gasteiger partial charge is 0.224 e. The molecule has 0 aliphatic rings. The van der Waals surface area contributed by atoms with Crippen LogP contribution < -0.4 is 0 Å². The second-order valence-corrected chi connectivity index (χ2v) is 7.69. The van der Waals surface area contributed by atoms with Crippen molar-refractivity contribution in [1.29, 1.82) is 5.26 Å². The topological polar surface area (TPSA) is 57.9 Å². The van der Waals surface area contributed by atoms with Gasteiger partial charge in [0.1, 0.15) is 0 Å². The summed E-state index contributed by atoms with van der Waals surface area (Å²) in [4.78, 5) is 0.387. The molecule has 0 saturated carbocycles. The zero-order valence-corrected chi connectivity index (χ0v) is 12.6. The van der Waals surface area contributed by atoms with Gasteiger partial charge in [0.2, 0.25) is 0 Å². The van der Waals surface area contributed by atoms with E-state index in [0.717, 1.165) is 18.4 Å². The summed E-state index contributed by atoms with van der Waals surface area (Å²) in [7, 11) is -3.18. The lowest BCUT2D eigenvalue weighted by molar-refractivity contribution is 0.431. The van der Waals surface area contributed by atoms with Crippen molar-refractivity contribution in [3.05, 3.63) is 29.8 Å². The molecule has 0 N–H and O–H groups in total. The van der Waals surface area contributed by atoms with Gasteiger partial charge in [-0.3, -0.25) is 0 Å². The average molecular weight is 279 g/mol. The van der Waals surface area contributed by atoms with Crippen LogP contribution >= 0.6 is 0 Å². The Morgan fingerprint density at radius 2 is 1.74 bits per heavy atom. The molecule has 19 heavy (non-hydrogen) atoms. The minimum absolute atomic E-state index is 0.150. The summed E-state index contributed by atoms with van der Waals surface area (Å²) in [6.07, 6.45) is 2.08. The van der Waals surface area contributed by atoms with Crippen LogP contribution in [0.1, 0.15) is 38.7 Å². The molecule has 0 radical (unpaired) electrons. The van der Waals surface area contributed by atoms with Gasteiger partial charge in [0.15, 0.2) is 9.84 Å². The maximum atomic E-state index is 12.1. The number of rotatable bonds is 6. The Morgan fingerprint density at radius 3 is 2.26 bits per heavy atom. The van der Waals surface area contributed by atoms with E-state index in [9.17, 15) is 8.42 Å². The molecule has 104 valence electrons. The van der Waals surface area contributed by atoms with E-state index in [-0.39, 0.29) is 11.2 Å². The quantitative estimate of drug-likeness (QED) is 0.749. The van der Waals surface area contributed by atoms with Gasteiger partial charge in [0.25, 0.3) is 0 Å². The Kier molecular flexibility index (Phi) is 5.13. The molecule has 0 saturated heterocycles. The molecule has 0 unspecified atom stereocenters. The predicted octanol–water partition coefficient (Wildman–Crippen LogP) is 3.49. The second kappa shape index (κ2) is 6.21. The molecule has 1 aromatic rings. The van der Waals surface area contributed by atoms with E-state index in [0.29, 0.717) is 11.3 Å². The number of hydrogen-bond acceptors (Lipinski definition) is 3. The fourth-order valence-electron chi connectivity index (χ4n) is 1.78. The third-order valence-corrected chi connectivity index (χ3v) is 4.96. The van der Waals surface area contributed by atoms with E-state index in [1.807, 2.05) is 32.9 Å². The van der Waals surface area contributed by atoms with E-state index in [1.165, 1.54) is 0 Å². The molecular formula is C15H21NO2S. The number of benzene rings is 1. The zero-order valence-electron chi connectivity index (χ0n) is 11.8. The lowest BCUT2D eigenvalue weighted by Crippen LogP contribution is -2.10. The Morgan fingerprint density at radius 1 is 1.16 bits per heavy atom.